The fourth-order valence-electron chi connectivity index (χ4n) is 2.57. The van der Waals surface area contributed by atoms with Crippen LogP contribution in [-0.2, 0) is 17.3 Å². The van der Waals surface area contributed by atoms with Crippen molar-refractivity contribution < 1.29 is 10.2 Å². The number of thiazole rings is 1. The number of phenols is 1. The van der Waals surface area contributed by atoms with E-state index >= 15 is 0 Å². The first kappa shape index (κ1) is 18.0. The number of aliphatic hydroxyl groups excluding tert-OH is 1. The Morgan fingerprint density at radius 3 is 1.96 bits per heavy atom. The van der Waals surface area contributed by atoms with E-state index in [0.29, 0.717) is 12.2 Å². The summed E-state index contributed by atoms with van der Waals surface area (Å²) >= 11 is 1.58. The van der Waals surface area contributed by atoms with E-state index < -0.39 is 0 Å². The van der Waals surface area contributed by atoms with Crippen molar-refractivity contribution >= 4 is 11.3 Å². The number of hydrogen-bond acceptors (Lipinski definition) is 4. The molecular weight excluding hydrogens is 306 g/mol. The fourth-order valence-corrected chi connectivity index (χ4v) is 3.41. The summed E-state index contributed by atoms with van der Waals surface area (Å²) in [5.74, 6) is 0.390. The van der Waals surface area contributed by atoms with Gasteiger partial charge in [0.15, 0.2) is 0 Å². The standard InChI is InChI=1S/C19H27NO2S/c1-18(2,3)14-9-12(10-15(16(14)22)19(4,5)6)17-20-13(7-8-21)11-23-17/h9-11,21-22H,7-8H2,1-6H3. The zero-order valence-corrected chi connectivity index (χ0v) is 15.7. The highest BCUT2D eigenvalue weighted by atomic mass is 32.1. The van der Waals surface area contributed by atoms with Crippen molar-refractivity contribution in [2.45, 2.75) is 58.8 Å². The Morgan fingerprint density at radius 1 is 1.00 bits per heavy atom. The van der Waals surface area contributed by atoms with E-state index in [1.807, 2.05) is 17.5 Å². The lowest BCUT2D eigenvalue weighted by Crippen LogP contribution is -2.17. The SMILES string of the molecule is CC(C)(C)c1cc(-c2nc(CCO)cs2)cc(C(C)(C)C)c1O. The van der Waals surface area contributed by atoms with Crippen LogP contribution in [0.2, 0.25) is 0 Å². The molecule has 0 aliphatic rings. The molecule has 0 atom stereocenters. The molecule has 0 saturated carbocycles. The second-order valence-corrected chi connectivity index (χ2v) is 8.90. The van der Waals surface area contributed by atoms with Crippen molar-refractivity contribution in [3.63, 3.8) is 0 Å². The average molecular weight is 333 g/mol. The summed E-state index contributed by atoms with van der Waals surface area (Å²) in [6.45, 7) is 12.8. The van der Waals surface area contributed by atoms with Gasteiger partial charge in [-0.3, -0.25) is 0 Å². The largest absolute Gasteiger partial charge is 0.507 e. The van der Waals surface area contributed by atoms with Crippen LogP contribution in [0.15, 0.2) is 17.5 Å². The molecule has 1 aromatic carbocycles. The third kappa shape index (κ3) is 3.93. The van der Waals surface area contributed by atoms with Crippen LogP contribution in [0.4, 0.5) is 0 Å². The Kier molecular flexibility index (Phi) is 4.88. The molecule has 0 fully saturated rings. The molecule has 23 heavy (non-hydrogen) atoms. The van der Waals surface area contributed by atoms with E-state index in [2.05, 4.69) is 46.5 Å². The van der Waals surface area contributed by atoms with Crippen molar-refractivity contribution in [2.75, 3.05) is 6.61 Å². The van der Waals surface area contributed by atoms with E-state index in [4.69, 9.17) is 5.11 Å². The van der Waals surface area contributed by atoms with Gasteiger partial charge in [-0.1, -0.05) is 41.5 Å². The van der Waals surface area contributed by atoms with Gasteiger partial charge in [-0.25, -0.2) is 4.98 Å². The average Bonchev–Trinajstić information content (AvgIpc) is 2.85. The lowest BCUT2D eigenvalue weighted by atomic mass is 9.78. The number of aromatic hydroxyl groups is 1. The molecule has 2 N–H and O–H groups in total. The van der Waals surface area contributed by atoms with Crippen molar-refractivity contribution in [1.82, 2.24) is 4.98 Å². The van der Waals surface area contributed by atoms with Gasteiger partial charge in [0.2, 0.25) is 0 Å². The monoisotopic (exact) mass is 333 g/mol. The highest BCUT2D eigenvalue weighted by Crippen LogP contribution is 2.42. The maximum atomic E-state index is 10.8. The van der Waals surface area contributed by atoms with Crippen LogP contribution in [0.25, 0.3) is 10.6 Å². The van der Waals surface area contributed by atoms with E-state index in [9.17, 15) is 5.11 Å². The minimum atomic E-state index is -0.148. The Morgan fingerprint density at radius 2 is 1.52 bits per heavy atom. The van der Waals surface area contributed by atoms with Gasteiger partial charge in [0.25, 0.3) is 0 Å². The summed E-state index contributed by atoms with van der Waals surface area (Å²) in [6, 6.07) is 4.10. The number of nitrogens with zero attached hydrogens (tertiary/aromatic N) is 1. The first-order valence-corrected chi connectivity index (χ1v) is 8.85. The molecule has 1 heterocycles. The summed E-state index contributed by atoms with van der Waals surface area (Å²) in [7, 11) is 0. The fraction of sp³-hybridized carbons (Fsp3) is 0.526. The maximum absolute atomic E-state index is 10.8. The van der Waals surface area contributed by atoms with Gasteiger partial charge in [0.05, 0.1) is 5.69 Å². The zero-order valence-electron chi connectivity index (χ0n) is 14.9. The third-order valence-electron chi connectivity index (χ3n) is 3.89. The molecule has 0 unspecified atom stereocenters. The molecule has 0 saturated heterocycles. The molecule has 126 valence electrons. The Balaban J connectivity index is 2.64. The number of phenolic OH excluding ortho intramolecular Hbond substituents is 1. The second kappa shape index (κ2) is 6.25. The molecule has 3 nitrogen and oxygen atoms in total. The molecule has 4 heteroatoms. The number of hydrogen-bond donors (Lipinski definition) is 2. The number of aromatic nitrogens is 1. The van der Waals surface area contributed by atoms with E-state index in [-0.39, 0.29) is 17.4 Å². The van der Waals surface area contributed by atoms with E-state index in [1.165, 1.54) is 0 Å². The van der Waals surface area contributed by atoms with Gasteiger partial charge in [0.1, 0.15) is 10.8 Å². The summed E-state index contributed by atoms with van der Waals surface area (Å²) in [5.41, 5.74) is 3.54. The Labute approximate surface area is 143 Å². The highest BCUT2D eigenvalue weighted by molar-refractivity contribution is 7.13. The molecule has 0 radical (unpaired) electrons. The van der Waals surface area contributed by atoms with Gasteiger partial charge in [0, 0.05) is 35.1 Å². The normalized spacial score (nSPS) is 12.7. The molecule has 2 rings (SSSR count). The van der Waals surface area contributed by atoms with Crippen molar-refractivity contribution in [3.05, 3.63) is 34.3 Å². The zero-order chi connectivity index (χ0) is 17.4. The molecule has 0 aliphatic carbocycles. The van der Waals surface area contributed by atoms with Crippen LogP contribution in [-0.4, -0.2) is 21.8 Å². The quantitative estimate of drug-likeness (QED) is 0.860. The van der Waals surface area contributed by atoms with Crippen molar-refractivity contribution in [3.8, 4) is 16.3 Å². The number of rotatable bonds is 3. The van der Waals surface area contributed by atoms with Gasteiger partial charge < -0.3 is 10.2 Å². The molecule has 0 amide bonds. The van der Waals surface area contributed by atoms with Crippen LogP contribution in [0.1, 0.15) is 58.4 Å². The second-order valence-electron chi connectivity index (χ2n) is 8.04. The minimum absolute atomic E-state index is 0.110. The maximum Gasteiger partial charge on any atom is 0.123 e. The summed E-state index contributed by atoms with van der Waals surface area (Å²) in [6.07, 6.45) is 0.576. The van der Waals surface area contributed by atoms with Gasteiger partial charge in [-0.05, 0) is 23.0 Å². The smallest absolute Gasteiger partial charge is 0.123 e. The van der Waals surface area contributed by atoms with E-state index in [1.54, 1.807) is 11.3 Å². The van der Waals surface area contributed by atoms with Crippen molar-refractivity contribution in [1.29, 1.82) is 0 Å². The molecular formula is C19H27NO2S. The third-order valence-corrected chi connectivity index (χ3v) is 4.83. The predicted octanol–water partition coefficient (Wildman–Crippen LogP) is 4.65. The number of benzene rings is 1. The minimum Gasteiger partial charge on any atom is -0.507 e. The van der Waals surface area contributed by atoms with Gasteiger partial charge >= 0.3 is 0 Å². The number of aliphatic hydroxyl groups is 1. The first-order valence-electron chi connectivity index (χ1n) is 7.97. The molecule has 0 bridgehead atoms. The highest BCUT2D eigenvalue weighted by Gasteiger charge is 2.27. The van der Waals surface area contributed by atoms with Gasteiger partial charge in [-0.2, -0.15) is 0 Å². The first-order chi connectivity index (χ1) is 10.5. The lowest BCUT2D eigenvalue weighted by molar-refractivity contribution is 0.298. The molecule has 0 spiro atoms. The Hall–Kier alpha value is -1.39. The van der Waals surface area contributed by atoms with Gasteiger partial charge in [-0.15, -0.1) is 11.3 Å². The van der Waals surface area contributed by atoms with Crippen LogP contribution < -0.4 is 0 Å². The lowest BCUT2D eigenvalue weighted by Gasteiger charge is -2.28. The predicted molar refractivity (Wildman–Crippen MR) is 97.4 cm³/mol. The Bertz CT molecular complexity index is 655. The summed E-state index contributed by atoms with van der Waals surface area (Å²) in [4.78, 5) is 4.62. The van der Waals surface area contributed by atoms with Crippen molar-refractivity contribution in [2.24, 2.45) is 0 Å². The topological polar surface area (TPSA) is 53.4 Å². The summed E-state index contributed by atoms with van der Waals surface area (Å²) in [5, 5.41) is 22.8. The van der Waals surface area contributed by atoms with Crippen LogP contribution in [0.3, 0.4) is 0 Å². The molecule has 0 aliphatic heterocycles. The van der Waals surface area contributed by atoms with E-state index in [0.717, 1.165) is 27.4 Å². The van der Waals surface area contributed by atoms with Crippen LogP contribution >= 0.6 is 11.3 Å². The van der Waals surface area contributed by atoms with Crippen LogP contribution in [0.5, 0.6) is 5.75 Å². The molecule has 1 aromatic heterocycles. The summed E-state index contributed by atoms with van der Waals surface area (Å²) < 4.78 is 0. The van der Waals surface area contributed by atoms with Crippen LogP contribution in [0, 0.1) is 0 Å². The molecule has 2 aromatic rings.